The molecule has 0 aromatic heterocycles. The van der Waals surface area contributed by atoms with Crippen LogP contribution in [0.1, 0.15) is 25.8 Å². The Hall–Kier alpha value is -1.79. The van der Waals surface area contributed by atoms with Gasteiger partial charge in [0.05, 0.1) is 5.60 Å². The lowest BCUT2D eigenvalue weighted by atomic mass is 10.1. The zero-order chi connectivity index (χ0) is 15.9. The number of aliphatic hydroxyl groups is 1. The Bertz CT molecular complexity index is 473. The van der Waals surface area contributed by atoms with Crippen molar-refractivity contribution < 1.29 is 24.9 Å². The molecule has 0 aliphatic carbocycles. The summed E-state index contributed by atoms with van der Waals surface area (Å²) < 4.78 is 5.42. The van der Waals surface area contributed by atoms with Gasteiger partial charge < -0.3 is 25.4 Å². The highest BCUT2D eigenvalue weighted by molar-refractivity contribution is 5.77. The van der Waals surface area contributed by atoms with Gasteiger partial charge in [0.2, 0.25) is 5.91 Å². The molecule has 118 valence electrons. The molecule has 0 saturated heterocycles. The molecule has 0 saturated carbocycles. The molecule has 0 radical (unpaired) electrons. The fraction of sp³-hybridized carbons (Fsp3) is 0.533. The number of aliphatic hydroxyl groups excluding tert-OH is 1. The highest BCUT2D eigenvalue weighted by atomic mass is 16.5. The molecular formula is C15H23NO5. The van der Waals surface area contributed by atoms with Crippen molar-refractivity contribution in [3.05, 3.63) is 23.8 Å². The van der Waals surface area contributed by atoms with E-state index in [-0.39, 0.29) is 30.6 Å². The Morgan fingerprint density at radius 2 is 2.00 bits per heavy atom. The zero-order valence-corrected chi connectivity index (χ0v) is 12.4. The van der Waals surface area contributed by atoms with Crippen LogP contribution in [0.2, 0.25) is 0 Å². The van der Waals surface area contributed by atoms with E-state index in [9.17, 15) is 15.0 Å². The van der Waals surface area contributed by atoms with Crippen LogP contribution < -0.4 is 5.32 Å². The average Bonchev–Trinajstić information content (AvgIpc) is 2.41. The van der Waals surface area contributed by atoms with Gasteiger partial charge in [0.1, 0.15) is 6.61 Å². The van der Waals surface area contributed by atoms with Gasteiger partial charge >= 0.3 is 0 Å². The number of hydrogen-bond donors (Lipinski definition) is 4. The second-order valence-electron chi connectivity index (χ2n) is 5.44. The number of carbonyl (C=O) groups excluding carboxylic acids is 1. The summed E-state index contributed by atoms with van der Waals surface area (Å²) >= 11 is 0. The number of hydrogen-bond acceptors (Lipinski definition) is 5. The third-order valence-electron chi connectivity index (χ3n) is 3.08. The lowest BCUT2D eigenvalue weighted by Crippen LogP contribution is -2.35. The van der Waals surface area contributed by atoms with E-state index in [0.717, 1.165) is 5.56 Å². The molecule has 0 unspecified atom stereocenters. The van der Waals surface area contributed by atoms with Crippen molar-refractivity contribution in [3.8, 4) is 11.5 Å². The molecule has 0 atom stereocenters. The van der Waals surface area contributed by atoms with Gasteiger partial charge in [-0.1, -0.05) is 6.07 Å². The molecule has 1 rings (SSSR count). The van der Waals surface area contributed by atoms with Crippen LogP contribution in [0, 0.1) is 0 Å². The lowest BCUT2D eigenvalue weighted by Gasteiger charge is -2.23. The van der Waals surface area contributed by atoms with Gasteiger partial charge in [0.15, 0.2) is 11.5 Å². The quantitative estimate of drug-likeness (QED) is 0.535. The number of benzene rings is 1. The molecule has 0 spiro atoms. The summed E-state index contributed by atoms with van der Waals surface area (Å²) in [4.78, 5) is 11.6. The Labute approximate surface area is 124 Å². The van der Waals surface area contributed by atoms with Crippen molar-refractivity contribution in [2.24, 2.45) is 0 Å². The topological polar surface area (TPSA) is 99.0 Å². The third-order valence-corrected chi connectivity index (χ3v) is 3.08. The first-order valence-electron chi connectivity index (χ1n) is 6.86. The molecule has 6 nitrogen and oxygen atoms in total. The fourth-order valence-electron chi connectivity index (χ4n) is 1.72. The third kappa shape index (κ3) is 6.46. The van der Waals surface area contributed by atoms with Gasteiger partial charge in [-0.25, -0.2) is 0 Å². The molecule has 0 bridgehead atoms. The lowest BCUT2D eigenvalue weighted by molar-refractivity contribution is -0.132. The maximum Gasteiger partial charge on any atom is 0.246 e. The largest absolute Gasteiger partial charge is 0.504 e. The molecule has 1 aromatic rings. The number of phenols is 2. The average molecular weight is 297 g/mol. The van der Waals surface area contributed by atoms with Gasteiger partial charge in [-0.3, -0.25) is 4.79 Å². The van der Waals surface area contributed by atoms with E-state index < -0.39 is 5.60 Å². The van der Waals surface area contributed by atoms with Gasteiger partial charge in [0.25, 0.3) is 0 Å². The SMILES string of the molecule is CC(C)(CCO)OCC(=O)NCCc1ccc(O)c(O)c1. The van der Waals surface area contributed by atoms with Gasteiger partial charge in [-0.05, 0) is 44.4 Å². The van der Waals surface area contributed by atoms with Gasteiger partial charge in [0, 0.05) is 13.2 Å². The number of amides is 1. The summed E-state index contributed by atoms with van der Waals surface area (Å²) in [5.41, 5.74) is 0.279. The van der Waals surface area contributed by atoms with Gasteiger partial charge in [-0.15, -0.1) is 0 Å². The Kier molecular flexibility index (Phi) is 6.45. The number of aromatic hydroxyl groups is 2. The standard InChI is InChI=1S/C15H23NO5/c1-15(2,6-8-17)21-10-14(20)16-7-5-11-3-4-12(18)13(19)9-11/h3-4,9,17-19H,5-8,10H2,1-2H3,(H,16,20). The van der Waals surface area contributed by atoms with E-state index in [0.29, 0.717) is 19.4 Å². The Morgan fingerprint density at radius 3 is 2.62 bits per heavy atom. The first-order chi connectivity index (χ1) is 9.84. The second kappa shape index (κ2) is 7.85. The fourth-order valence-corrected chi connectivity index (χ4v) is 1.72. The van der Waals surface area contributed by atoms with E-state index >= 15 is 0 Å². The number of nitrogens with one attached hydrogen (secondary N) is 1. The van der Waals surface area contributed by atoms with Crippen LogP contribution in [0.15, 0.2) is 18.2 Å². The van der Waals surface area contributed by atoms with E-state index in [1.165, 1.54) is 12.1 Å². The van der Waals surface area contributed by atoms with Crippen LogP contribution in [0.5, 0.6) is 11.5 Å². The van der Waals surface area contributed by atoms with Crippen molar-refractivity contribution in [1.82, 2.24) is 5.32 Å². The zero-order valence-electron chi connectivity index (χ0n) is 12.4. The Morgan fingerprint density at radius 1 is 1.29 bits per heavy atom. The minimum atomic E-state index is -0.533. The molecule has 4 N–H and O–H groups in total. The highest BCUT2D eigenvalue weighted by Gasteiger charge is 2.18. The molecule has 0 aliphatic rings. The van der Waals surface area contributed by atoms with Gasteiger partial charge in [-0.2, -0.15) is 0 Å². The van der Waals surface area contributed by atoms with Crippen molar-refractivity contribution >= 4 is 5.91 Å². The summed E-state index contributed by atoms with van der Waals surface area (Å²) in [6.07, 6.45) is 1.01. The van der Waals surface area contributed by atoms with Crippen LogP contribution in [0.25, 0.3) is 0 Å². The summed E-state index contributed by atoms with van der Waals surface area (Å²) in [7, 11) is 0. The second-order valence-corrected chi connectivity index (χ2v) is 5.44. The number of ether oxygens (including phenoxy) is 1. The normalized spacial score (nSPS) is 11.4. The van der Waals surface area contributed by atoms with Crippen LogP contribution in [-0.4, -0.2) is 46.6 Å². The molecular weight excluding hydrogens is 274 g/mol. The van der Waals surface area contributed by atoms with Crippen molar-refractivity contribution in [2.45, 2.75) is 32.3 Å². The predicted octanol–water partition coefficient (Wildman–Crippen LogP) is 0.934. The van der Waals surface area contributed by atoms with E-state index in [2.05, 4.69) is 5.32 Å². The predicted molar refractivity (Wildman–Crippen MR) is 78.2 cm³/mol. The van der Waals surface area contributed by atoms with Crippen LogP contribution in [-0.2, 0) is 16.0 Å². The minimum Gasteiger partial charge on any atom is -0.504 e. The molecule has 6 heteroatoms. The monoisotopic (exact) mass is 297 g/mol. The van der Waals surface area contributed by atoms with Crippen molar-refractivity contribution in [2.75, 3.05) is 19.8 Å². The number of carbonyl (C=O) groups is 1. The smallest absolute Gasteiger partial charge is 0.246 e. The van der Waals surface area contributed by atoms with Crippen LogP contribution in [0.4, 0.5) is 0 Å². The summed E-state index contributed by atoms with van der Waals surface area (Å²) in [5, 5.41) is 30.1. The molecule has 1 aromatic carbocycles. The van der Waals surface area contributed by atoms with E-state index in [4.69, 9.17) is 9.84 Å². The molecule has 21 heavy (non-hydrogen) atoms. The maximum absolute atomic E-state index is 11.6. The van der Waals surface area contributed by atoms with Crippen LogP contribution >= 0.6 is 0 Å². The molecule has 1 amide bonds. The minimum absolute atomic E-state index is 0.0129. The summed E-state index contributed by atoms with van der Waals surface area (Å²) in [6, 6.07) is 4.55. The molecule has 0 aliphatic heterocycles. The number of phenolic OH excluding ortho intramolecular Hbond substituents is 2. The molecule has 0 fully saturated rings. The number of rotatable bonds is 8. The van der Waals surface area contributed by atoms with Crippen molar-refractivity contribution in [3.63, 3.8) is 0 Å². The Balaban J connectivity index is 2.29. The summed E-state index contributed by atoms with van der Waals surface area (Å²) in [5.74, 6) is -0.570. The maximum atomic E-state index is 11.6. The van der Waals surface area contributed by atoms with Crippen molar-refractivity contribution in [1.29, 1.82) is 0 Å². The molecule has 0 heterocycles. The first-order valence-corrected chi connectivity index (χ1v) is 6.86. The van der Waals surface area contributed by atoms with E-state index in [1.54, 1.807) is 6.07 Å². The highest BCUT2D eigenvalue weighted by Crippen LogP contribution is 2.24. The summed E-state index contributed by atoms with van der Waals surface area (Å²) in [6.45, 7) is 3.99. The first kappa shape index (κ1) is 17.3. The van der Waals surface area contributed by atoms with E-state index in [1.807, 2.05) is 13.8 Å². The van der Waals surface area contributed by atoms with Crippen LogP contribution in [0.3, 0.4) is 0 Å².